The Kier molecular flexibility index (Phi) is 3.49. The molecule has 2 heterocycles. The number of ether oxygens (including phenoxy) is 1. The van der Waals surface area contributed by atoms with E-state index < -0.39 is 0 Å². The highest BCUT2D eigenvalue weighted by atomic mass is 16.6. The normalized spacial score (nSPS) is 54.2. The molecule has 1 unspecified atom stereocenters. The van der Waals surface area contributed by atoms with Crippen molar-refractivity contribution >= 4 is 0 Å². The molecule has 4 heteroatoms. The monoisotopic (exact) mass is 383 g/mol. The largest absolute Gasteiger partial charge is 0.393 e. The fraction of sp³-hybridized carbons (Fsp3) is 0.792. The van der Waals surface area contributed by atoms with Gasteiger partial charge in [0.05, 0.1) is 12.2 Å². The minimum atomic E-state index is -0.0809. The summed E-state index contributed by atoms with van der Waals surface area (Å²) in [5, 5.41) is 10.2. The summed E-state index contributed by atoms with van der Waals surface area (Å²) < 4.78 is 6.62. The Balaban J connectivity index is 1.36. The van der Waals surface area contributed by atoms with Crippen molar-refractivity contribution in [3.05, 3.63) is 34.2 Å². The molecule has 1 aromatic heterocycles. The number of hydrogen-bond acceptors (Lipinski definition) is 3. The molecule has 4 saturated carbocycles. The smallest absolute Gasteiger partial charge is 0.247 e. The average Bonchev–Trinajstić information content (AvgIpc) is 3.33. The molecule has 1 saturated heterocycles. The number of rotatable bonds is 1. The maximum atomic E-state index is 11.6. The van der Waals surface area contributed by atoms with Gasteiger partial charge in [-0.25, -0.2) is 0 Å². The summed E-state index contributed by atoms with van der Waals surface area (Å²) in [5.41, 5.74) is 1.88. The van der Waals surface area contributed by atoms with Crippen LogP contribution in [-0.4, -0.2) is 27.9 Å². The number of aliphatic hydroxyl groups is 1. The Bertz CT molecular complexity index is 845. The lowest BCUT2D eigenvalue weighted by molar-refractivity contribution is -0.139. The molecule has 6 rings (SSSR count). The van der Waals surface area contributed by atoms with E-state index in [1.165, 1.54) is 37.7 Å². The van der Waals surface area contributed by atoms with Crippen molar-refractivity contribution in [2.24, 2.45) is 28.6 Å². The van der Waals surface area contributed by atoms with Gasteiger partial charge in [0.15, 0.2) is 0 Å². The van der Waals surface area contributed by atoms with Crippen LogP contribution in [0.4, 0.5) is 0 Å². The summed E-state index contributed by atoms with van der Waals surface area (Å²) in [5.74, 6) is 2.58. The van der Waals surface area contributed by atoms with Crippen LogP contribution in [0.3, 0.4) is 0 Å². The fourth-order valence-electron chi connectivity index (χ4n) is 8.81. The van der Waals surface area contributed by atoms with Gasteiger partial charge in [0.2, 0.25) is 5.56 Å². The first-order chi connectivity index (χ1) is 13.4. The number of fused-ring (bicyclic) bond motifs is 3. The van der Waals surface area contributed by atoms with Crippen LogP contribution in [0.1, 0.15) is 76.7 Å². The van der Waals surface area contributed by atoms with E-state index in [4.69, 9.17) is 4.74 Å². The molecule has 4 nitrogen and oxygen atoms in total. The SMILES string of the molecule is C[C@]12CC[C@H](O)C[C@H]1CC[C@@H]1[C@@H]2CC[C@]2(C)[C@@H](c3ccc(=O)[nH]c3)C[C@H]3OC132. The highest BCUT2D eigenvalue weighted by Crippen LogP contribution is 2.77. The number of pyridine rings is 1. The maximum absolute atomic E-state index is 11.6. The van der Waals surface area contributed by atoms with Crippen LogP contribution >= 0.6 is 0 Å². The average molecular weight is 384 g/mol. The topological polar surface area (TPSA) is 65.6 Å². The number of aromatic amines is 1. The summed E-state index contributed by atoms with van der Waals surface area (Å²) in [6.07, 6.45) is 11.6. The zero-order chi connectivity index (χ0) is 19.3. The number of nitrogens with one attached hydrogen (secondary N) is 1. The van der Waals surface area contributed by atoms with Crippen LogP contribution in [0.5, 0.6) is 0 Å². The van der Waals surface area contributed by atoms with Crippen LogP contribution in [0.25, 0.3) is 0 Å². The molecule has 152 valence electrons. The summed E-state index contributed by atoms with van der Waals surface area (Å²) in [4.78, 5) is 14.5. The predicted molar refractivity (Wildman–Crippen MR) is 107 cm³/mol. The molecule has 0 bridgehead atoms. The maximum Gasteiger partial charge on any atom is 0.247 e. The van der Waals surface area contributed by atoms with Crippen molar-refractivity contribution in [2.75, 3.05) is 0 Å². The number of epoxide rings is 1. The molecular formula is C24H33NO3. The standard InChI is InChI=1S/C24H33NO3/c1-22-9-7-16(26)11-15(22)4-5-18-17(22)8-10-23(2)19(12-20-24(18,23)28-20)14-3-6-21(27)25-13-14/h3,6,13,15-20,26H,4-5,7-12H2,1-2H3,(H,25,27)/t15-,16+,17+,18-,19-,20-,22+,23-,24?/m1/s1. The Morgan fingerprint density at radius 3 is 2.71 bits per heavy atom. The Hall–Kier alpha value is -1.13. The minimum Gasteiger partial charge on any atom is -0.393 e. The molecule has 1 aliphatic heterocycles. The van der Waals surface area contributed by atoms with Crippen molar-refractivity contribution in [3.8, 4) is 0 Å². The first-order valence-electron chi connectivity index (χ1n) is 11.4. The lowest BCUT2D eigenvalue weighted by atomic mass is 9.44. The number of H-pyrrole nitrogens is 1. The molecule has 0 radical (unpaired) electrons. The third kappa shape index (κ3) is 2.01. The zero-order valence-corrected chi connectivity index (χ0v) is 17.1. The molecular weight excluding hydrogens is 350 g/mol. The second-order valence-electron chi connectivity index (χ2n) is 11.1. The lowest BCUT2D eigenvalue weighted by Gasteiger charge is -2.61. The first-order valence-corrected chi connectivity index (χ1v) is 11.4. The van der Waals surface area contributed by atoms with Gasteiger partial charge in [0, 0.05) is 17.7 Å². The summed E-state index contributed by atoms with van der Waals surface area (Å²) in [6, 6.07) is 3.72. The van der Waals surface area contributed by atoms with Gasteiger partial charge in [-0.2, -0.15) is 0 Å². The molecule has 4 aliphatic carbocycles. The molecule has 2 N–H and O–H groups in total. The van der Waals surface area contributed by atoms with Crippen molar-refractivity contribution in [1.82, 2.24) is 4.98 Å². The van der Waals surface area contributed by atoms with Crippen LogP contribution in [0.15, 0.2) is 23.1 Å². The fourth-order valence-corrected chi connectivity index (χ4v) is 8.81. The zero-order valence-electron chi connectivity index (χ0n) is 17.1. The molecule has 28 heavy (non-hydrogen) atoms. The second kappa shape index (κ2) is 5.51. The highest BCUT2D eigenvalue weighted by molar-refractivity contribution is 5.35. The molecule has 5 aliphatic rings. The quantitative estimate of drug-likeness (QED) is 0.721. The Labute approximate surface area is 167 Å². The highest BCUT2D eigenvalue weighted by Gasteiger charge is 2.80. The van der Waals surface area contributed by atoms with Gasteiger partial charge in [-0.05, 0) is 86.0 Å². The number of hydrogen-bond donors (Lipinski definition) is 2. The van der Waals surface area contributed by atoms with Gasteiger partial charge in [0.25, 0.3) is 0 Å². The van der Waals surface area contributed by atoms with Crippen molar-refractivity contribution in [2.45, 2.75) is 88.9 Å². The summed E-state index contributed by atoms with van der Waals surface area (Å²) in [7, 11) is 0. The Morgan fingerprint density at radius 1 is 1.07 bits per heavy atom. The van der Waals surface area contributed by atoms with Gasteiger partial charge < -0.3 is 14.8 Å². The number of aromatic nitrogens is 1. The van der Waals surface area contributed by atoms with E-state index in [0.29, 0.717) is 29.3 Å². The van der Waals surface area contributed by atoms with E-state index in [1.54, 1.807) is 6.07 Å². The molecule has 0 aromatic carbocycles. The third-order valence-corrected chi connectivity index (χ3v) is 10.3. The van der Waals surface area contributed by atoms with Gasteiger partial charge >= 0.3 is 0 Å². The van der Waals surface area contributed by atoms with Crippen LogP contribution in [0.2, 0.25) is 0 Å². The van der Waals surface area contributed by atoms with Crippen molar-refractivity contribution in [3.63, 3.8) is 0 Å². The second-order valence-corrected chi connectivity index (χ2v) is 11.1. The van der Waals surface area contributed by atoms with Crippen LogP contribution in [0, 0.1) is 28.6 Å². The van der Waals surface area contributed by atoms with E-state index in [2.05, 4.69) is 18.8 Å². The van der Waals surface area contributed by atoms with Gasteiger partial charge in [-0.15, -0.1) is 0 Å². The summed E-state index contributed by atoms with van der Waals surface area (Å²) in [6.45, 7) is 5.01. The first kappa shape index (κ1) is 17.7. The van der Waals surface area contributed by atoms with Crippen molar-refractivity contribution in [1.29, 1.82) is 0 Å². The van der Waals surface area contributed by atoms with E-state index in [0.717, 1.165) is 25.2 Å². The van der Waals surface area contributed by atoms with Crippen molar-refractivity contribution < 1.29 is 9.84 Å². The predicted octanol–water partition coefficient (Wildman–Crippen LogP) is 3.99. The Morgan fingerprint density at radius 2 is 1.93 bits per heavy atom. The molecule has 1 spiro atoms. The van der Waals surface area contributed by atoms with Gasteiger partial charge in [0.1, 0.15) is 5.60 Å². The van der Waals surface area contributed by atoms with Gasteiger partial charge in [-0.1, -0.05) is 19.9 Å². The van der Waals surface area contributed by atoms with Gasteiger partial charge in [-0.3, -0.25) is 4.79 Å². The van der Waals surface area contributed by atoms with E-state index in [9.17, 15) is 9.90 Å². The number of aliphatic hydroxyl groups excluding tert-OH is 1. The van der Waals surface area contributed by atoms with E-state index in [-0.39, 0.29) is 22.7 Å². The van der Waals surface area contributed by atoms with E-state index >= 15 is 0 Å². The third-order valence-electron chi connectivity index (χ3n) is 10.3. The summed E-state index contributed by atoms with van der Waals surface area (Å²) >= 11 is 0. The van der Waals surface area contributed by atoms with E-state index in [1.807, 2.05) is 12.3 Å². The molecule has 1 aromatic rings. The minimum absolute atomic E-state index is 0.0162. The lowest BCUT2D eigenvalue weighted by Crippen LogP contribution is -2.58. The molecule has 5 fully saturated rings. The van der Waals surface area contributed by atoms with Crippen LogP contribution < -0.4 is 5.56 Å². The molecule has 9 atom stereocenters. The van der Waals surface area contributed by atoms with Crippen LogP contribution in [-0.2, 0) is 4.74 Å². The molecule has 0 amide bonds.